The van der Waals surface area contributed by atoms with Gasteiger partial charge in [-0.2, -0.15) is 0 Å². The molecule has 2 nitrogen and oxygen atoms in total. The molecule has 1 aliphatic rings. The van der Waals surface area contributed by atoms with Gasteiger partial charge in [0.2, 0.25) is 0 Å². The number of halogens is 3. The van der Waals surface area contributed by atoms with Crippen molar-refractivity contribution in [2.45, 2.75) is 31.7 Å². The highest BCUT2D eigenvalue weighted by atomic mass is 35.5. The Morgan fingerprint density at radius 2 is 1.78 bits per heavy atom. The third-order valence-electron chi connectivity index (χ3n) is 2.81. The topological polar surface area (TPSA) is 21.3 Å². The minimum Gasteiger partial charge on any atom is -0.492 e. The van der Waals surface area contributed by atoms with Gasteiger partial charge < -0.3 is 10.1 Å². The Kier molecular flexibility index (Phi) is 5.43. The summed E-state index contributed by atoms with van der Waals surface area (Å²) in [6, 6.07) is 4.04. The zero-order valence-corrected chi connectivity index (χ0v) is 12.3. The highest BCUT2D eigenvalue weighted by molar-refractivity contribution is 6.43. The number of rotatable bonds is 7. The molecule has 0 aliphatic heterocycles. The second-order valence-electron chi connectivity index (χ2n) is 4.48. The SMILES string of the molecule is Clc1cc(Cl)c(OCCCCNC2CC2)cc1Cl. The number of ether oxygens (including phenoxy) is 1. The predicted molar refractivity (Wildman–Crippen MR) is 77.2 cm³/mol. The molecule has 100 valence electrons. The van der Waals surface area contributed by atoms with E-state index in [9.17, 15) is 0 Å². The van der Waals surface area contributed by atoms with Gasteiger partial charge in [0, 0.05) is 12.1 Å². The van der Waals surface area contributed by atoms with Crippen molar-refractivity contribution in [3.8, 4) is 5.75 Å². The third-order valence-corrected chi connectivity index (χ3v) is 3.83. The summed E-state index contributed by atoms with van der Waals surface area (Å²) >= 11 is 17.8. The molecule has 0 radical (unpaired) electrons. The Hall–Kier alpha value is -0.150. The molecule has 1 saturated carbocycles. The third kappa shape index (κ3) is 4.51. The van der Waals surface area contributed by atoms with Crippen molar-refractivity contribution in [1.29, 1.82) is 0 Å². The molecule has 1 N–H and O–H groups in total. The fourth-order valence-corrected chi connectivity index (χ4v) is 2.21. The zero-order chi connectivity index (χ0) is 13.0. The van der Waals surface area contributed by atoms with Gasteiger partial charge in [-0.15, -0.1) is 0 Å². The van der Waals surface area contributed by atoms with Gasteiger partial charge in [-0.05, 0) is 38.3 Å². The molecule has 0 saturated heterocycles. The molecular formula is C13H16Cl3NO. The van der Waals surface area contributed by atoms with Gasteiger partial charge in [0.1, 0.15) is 5.75 Å². The van der Waals surface area contributed by atoms with Crippen LogP contribution in [0.4, 0.5) is 0 Å². The summed E-state index contributed by atoms with van der Waals surface area (Å²) in [5, 5.41) is 4.87. The molecule has 0 bridgehead atoms. The lowest BCUT2D eigenvalue weighted by Crippen LogP contribution is -2.17. The maximum Gasteiger partial charge on any atom is 0.139 e. The standard InChI is InChI=1S/C13H16Cl3NO/c14-10-7-12(16)13(8-11(10)15)18-6-2-1-5-17-9-3-4-9/h7-9,17H,1-6H2. The van der Waals surface area contributed by atoms with Crippen LogP contribution >= 0.6 is 34.8 Å². The first-order chi connectivity index (χ1) is 8.66. The molecule has 0 unspecified atom stereocenters. The number of nitrogens with one attached hydrogen (secondary N) is 1. The average molecular weight is 309 g/mol. The monoisotopic (exact) mass is 307 g/mol. The Balaban J connectivity index is 1.67. The van der Waals surface area contributed by atoms with Crippen molar-refractivity contribution >= 4 is 34.8 Å². The lowest BCUT2D eigenvalue weighted by molar-refractivity contribution is 0.306. The zero-order valence-electron chi connectivity index (χ0n) is 10.0. The van der Waals surface area contributed by atoms with E-state index >= 15 is 0 Å². The van der Waals surface area contributed by atoms with Crippen LogP contribution in [-0.2, 0) is 0 Å². The van der Waals surface area contributed by atoms with Gasteiger partial charge >= 0.3 is 0 Å². The van der Waals surface area contributed by atoms with Crippen LogP contribution in [0.5, 0.6) is 5.75 Å². The van der Waals surface area contributed by atoms with Gasteiger partial charge in [-0.25, -0.2) is 0 Å². The largest absolute Gasteiger partial charge is 0.492 e. The van der Waals surface area contributed by atoms with Crippen molar-refractivity contribution in [2.24, 2.45) is 0 Å². The molecule has 1 aromatic carbocycles. The van der Waals surface area contributed by atoms with E-state index in [2.05, 4.69) is 5.32 Å². The molecule has 0 atom stereocenters. The second kappa shape index (κ2) is 6.85. The van der Waals surface area contributed by atoms with E-state index < -0.39 is 0 Å². The normalized spacial score (nSPS) is 14.8. The van der Waals surface area contributed by atoms with E-state index in [0.717, 1.165) is 25.4 Å². The number of benzene rings is 1. The van der Waals surface area contributed by atoms with Crippen LogP contribution in [0.25, 0.3) is 0 Å². The molecule has 1 aromatic rings. The first-order valence-electron chi connectivity index (χ1n) is 6.17. The van der Waals surface area contributed by atoms with Crippen molar-refractivity contribution in [3.63, 3.8) is 0 Å². The summed E-state index contributed by atoms with van der Waals surface area (Å²) in [4.78, 5) is 0. The molecule has 0 heterocycles. The predicted octanol–water partition coefficient (Wildman–Crippen LogP) is 4.56. The first kappa shape index (κ1) is 14.3. The van der Waals surface area contributed by atoms with E-state index in [4.69, 9.17) is 39.5 Å². The molecule has 5 heteroatoms. The molecule has 0 amide bonds. The van der Waals surface area contributed by atoms with Gasteiger partial charge in [0.15, 0.2) is 0 Å². The van der Waals surface area contributed by atoms with Gasteiger partial charge in [0.05, 0.1) is 21.7 Å². The Morgan fingerprint density at radius 3 is 2.50 bits per heavy atom. The second-order valence-corrected chi connectivity index (χ2v) is 5.70. The minimum atomic E-state index is 0.447. The maximum absolute atomic E-state index is 6.01. The molecule has 0 aromatic heterocycles. The minimum absolute atomic E-state index is 0.447. The van der Waals surface area contributed by atoms with Crippen LogP contribution in [0, 0.1) is 0 Å². The van der Waals surface area contributed by atoms with Gasteiger partial charge in [0.25, 0.3) is 0 Å². The fraction of sp³-hybridized carbons (Fsp3) is 0.538. The smallest absolute Gasteiger partial charge is 0.139 e. The van der Waals surface area contributed by atoms with Crippen LogP contribution in [0.1, 0.15) is 25.7 Å². The van der Waals surface area contributed by atoms with E-state index in [1.54, 1.807) is 12.1 Å². The van der Waals surface area contributed by atoms with E-state index in [-0.39, 0.29) is 0 Å². The summed E-state index contributed by atoms with van der Waals surface area (Å²) in [5.41, 5.74) is 0. The van der Waals surface area contributed by atoms with Crippen LogP contribution in [0.3, 0.4) is 0 Å². The summed E-state index contributed by atoms with van der Waals surface area (Å²) < 4.78 is 5.59. The summed E-state index contributed by atoms with van der Waals surface area (Å²) in [6.45, 7) is 1.70. The highest BCUT2D eigenvalue weighted by Crippen LogP contribution is 2.33. The lowest BCUT2D eigenvalue weighted by atomic mass is 10.3. The van der Waals surface area contributed by atoms with E-state index in [1.165, 1.54) is 12.8 Å². The van der Waals surface area contributed by atoms with Gasteiger partial charge in [-0.3, -0.25) is 0 Å². The van der Waals surface area contributed by atoms with Crippen LogP contribution < -0.4 is 10.1 Å². The molecular weight excluding hydrogens is 293 g/mol. The molecule has 1 fully saturated rings. The quantitative estimate of drug-likeness (QED) is 0.589. The average Bonchev–Trinajstić information content (AvgIpc) is 3.13. The lowest BCUT2D eigenvalue weighted by Gasteiger charge is -2.09. The molecule has 18 heavy (non-hydrogen) atoms. The molecule has 2 rings (SSSR count). The Labute approximate surface area is 123 Å². The number of hydrogen-bond acceptors (Lipinski definition) is 2. The highest BCUT2D eigenvalue weighted by Gasteiger charge is 2.19. The molecule has 0 spiro atoms. The summed E-state index contributed by atoms with van der Waals surface area (Å²) in [7, 11) is 0. The van der Waals surface area contributed by atoms with E-state index in [1.807, 2.05) is 0 Å². The van der Waals surface area contributed by atoms with Crippen LogP contribution in [0.15, 0.2) is 12.1 Å². The Morgan fingerprint density at radius 1 is 1.06 bits per heavy atom. The summed E-state index contributed by atoms with van der Waals surface area (Å²) in [5.74, 6) is 0.598. The number of unbranched alkanes of at least 4 members (excludes halogenated alkanes) is 1. The van der Waals surface area contributed by atoms with Crippen molar-refractivity contribution < 1.29 is 4.74 Å². The summed E-state index contributed by atoms with van der Waals surface area (Å²) in [6.07, 6.45) is 4.76. The van der Waals surface area contributed by atoms with Crippen molar-refractivity contribution in [1.82, 2.24) is 5.32 Å². The molecule has 1 aliphatic carbocycles. The van der Waals surface area contributed by atoms with Gasteiger partial charge in [-0.1, -0.05) is 34.8 Å². The number of hydrogen-bond donors (Lipinski definition) is 1. The van der Waals surface area contributed by atoms with Crippen molar-refractivity contribution in [3.05, 3.63) is 27.2 Å². The fourth-order valence-electron chi connectivity index (χ4n) is 1.62. The van der Waals surface area contributed by atoms with E-state index in [0.29, 0.717) is 27.4 Å². The maximum atomic E-state index is 6.01. The van der Waals surface area contributed by atoms with Crippen LogP contribution in [-0.4, -0.2) is 19.2 Å². The van der Waals surface area contributed by atoms with Crippen LogP contribution in [0.2, 0.25) is 15.1 Å². The van der Waals surface area contributed by atoms with Crippen molar-refractivity contribution in [2.75, 3.05) is 13.2 Å². The first-order valence-corrected chi connectivity index (χ1v) is 7.31. The Bertz CT molecular complexity index is 407.